The number of methoxy groups -OCH3 is 1. The van der Waals surface area contributed by atoms with Crippen molar-refractivity contribution in [3.05, 3.63) is 47.0 Å². The van der Waals surface area contributed by atoms with E-state index in [0.717, 1.165) is 18.9 Å². The lowest BCUT2D eigenvalue weighted by Crippen LogP contribution is -2.21. The molecule has 1 amide bonds. The number of aromatic nitrogens is 3. The van der Waals surface area contributed by atoms with E-state index in [1.165, 1.54) is 0 Å². The normalized spacial score (nSPS) is 11.0. The molecule has 0 fully saturated rings. The minimum atomic E-state index is -0.338. The molecule has 3 rings (SSSR count). The van der Waals surface area contributed by atoms with Crippen molar-refractivity contribution in [1.29, 1.82) is 0 Å². The van der Waals surface area contributed by atoms with Crippen molar-refractivity contribution < 1.29 is 9.53 Å². The smallest absolute Gasteiger partial charge is 0.258 e. The summed E-state index contributed by atoms with van der Waals surface area (Å²) in [7, 11) is 5.57. The van der Waals surface area contributed by atoms with Gasteiger partial charge in [-0.3, -0.25) is 10.1 Å². The molecule has 9 heteroatoms. The van der Waals surface area contributed by atoms with Crippen LogP contribution in [0.5, 0.6) is 5.75 Å². The second-order valence-corrected chi connectivity index (χ2v) is 6.59. The fourth-order valence-corrected chi connectivity index (χ4v) is 2.69. The average Bonchev–Trinajstić information content (AvgIpc) is 3.05. The third-order valence-corrected chi connectivity index (χ3v) is 4.08. The molecule has 0 saturated carbocycles. The van der Waals surface area contributed by atoms with Gasteiger partial charge in [0.15, 0.2) is 5.75 Å². The summed E-state index contributed by atoms with van der Waals surface area (Å²) in [5, 5.41) is 10.9. The van der Waals surface area contributed by atoms with Crippen LogP contribution in [0.15, 0.2) is 36.4 Å². The van der Waals surface area contributed by atoms with E-state index >= 15 is 0 Å². The molecule has 2 N–H and O–H groups in total. The second-order valence-electron chi connectivity index (χ2n) is 6.15. The Morgan fingerprint density at radius 1 is 1.30 bits per heavy atom. The summed E-state index contributed by atoms with van der Waals surface area (Å²) in [4.78, 5) is 18.9. The van der Waals surface area contributed by atoms with Gasteiger partial charge in [0, 0.05) is 23.7 Å². The molecule has 0 bridgehead atoms. The molecule has 0 unspecified atom stereocenters. The average molecular weight is 389 g/mol. The molecule has 2 heterocycles. The molecule has 27 heavy (non-hydrogen) atoms. The Morgan fingerprint density at radius 2 is 2.11 bits per heavy atom. The zero-order valence-corrected chi connectivity index (χ0v) is 16.1. The molecule has 0 aliphatic carbocycles. The number of rotatable bonds is 7. The third-order valence-electron chi connectivity index (χ3n) is 3.85. The molecule has 0 aliphatic rings. The molecule has 0 radical (unpaired) electrons. The number of amides is 1. The predicted octanol–water partition coefficient (Wildman–Crippen LogP) is 2.62. The fraction of sp³-hybridized carbons (Fsp3) is 0.278. The van der Waals surface area contributed by atoms with Gasteiger partial charge in [0.05, 0.1) is 7.11 Å². The van der Waals surface area contributed by atoms with Gasteiger partial charge in [-0.25, -0.2) is 0 Å². The van der Waals surface area contributed by atoms with Crippen molar-refractivity contribution in [2.75, 3.05) is 44.9 Å². The fourth-order valence-electron chi connectivity index (χ4n) is 2.50. The monoisotopic (exact) mass is 388 g/mol. The Labute approximate surface area is 162 Å². The minimum absolute atomic E-state index is 0.181. The second kappa shape index (κ2) is 8.24. The zero-order valence-electron chi connectivity index (χ0n) is 15.4. The van der Waals surface area contributed by atoms with Crippen molar-refractivity contribution in [3.63, 3.8) is 0 Å². The maximum atomic E-state index is 12.4. The van der Waals surface area contributed by atoms with Crippen LogP contribution in [0.2, 0.25) is 5.02 Å². The van der Waals surface area contributed by atoms with Crippen LogP contribution < -0.4 is 15.4 Å². The topological polar surface area (TPSA) is 83.8 Å². The number of carbonyl (C=O) groups is 1. The summed E-state index contributed by atoms with van der Waals surface area (Å²) >= 11 is 5.94. The summed E-state index contributed by atoms with van der Waals surface area (Å²) in [6.07, 6.45) is 0. The van der Waals surface area contributed by atoms with Crippen LogP contribution in [0.4, 0.5) is 11.8 Å². The number of hydrogen-bond acceptors (Lipinski definition) is 6. The molecule has 0 aliphatic heterocycles. The third kappa shape index (κ3) is 4.47. The highest BCUT2D eigenvalue weighted by Gasteiger charge is 2.15. The van der Waals surface area contributed by atoms with E-state index in [0.29, 0.717) is 22.0 Å². The first-order valence-corrected chi connectivity index (χ1v) is 8.75. The van der Waals surface area contributed by atoms with E-state index in [1.54, 1.807) is 35.9 Å². The Hall–Kier alpha value is -2.84. The number of likely N-dealkylation sites (N-methyl/N-ethyl adjacent to an activating group) is 1. The lowest BCUT2D eigenvalue weighted by molar-refractivity contribution is 0.102. The number of halogens is 1. The van der Waals surface area contributed by atoms with E-state index in [2.05, 4.69) is 25.6 Å². The number of nitrogens with zero attached hydrogens (tertiary/aromatic N) is 4. The molecule has 0 spiro atoms. The highest BCUT2D eigenvalue weighted by Crippen LogP contribution is 2.23. The lowest BCUT2D eigenvalue weighted by Gasteiger charge is -2.12. The van der Waals surface area contributed by atoms with E-state index in [-0.39, 0.29) is 11.9 Å². The number of carbonyl (C=O) groups excluding carboxylic acids is 1. The molecule has 0 saturated heterocycles. The predicted molar refractivity (Wildman–Crippen MR) is 106 cm³/mol. The molecular weight excluding hydrogens is 368 g/mol. The summed E-state index contributed by atoms with van der Waals surface area (Å²) in [6.45, 7) is 1.60. The zero-order chi connectivity index (χ0) is 19.4. The first-order chi connectivity index (χ1) is 13.0. The van der Waals surface area contributed by atoms with Gasteiger partial charge >= 0.3 is 0 Å². The Kier molecular flexibility index (Phi) is 5.78. The van der Waals surface area contributed by atoms with Gasteiger partial charge in [0.25, 0.3) is 5.91 Å². The molecule has 3 aromatic rings. The van der Waals surface area contributed by atoms with Crippen molar-refractivity contribution in [2.45, 2.75) is 0 Å². The minimum Gasteiger partial charge on any atom is -0.493 e. The van der Waals surface area contributed by atoms with E-state index < -0.39 is 0 Å². The number of hydrogen-bond donors (Lipinski definition) is 2. The van der Waals surface area contributed by atoms with Crippen LogP contribution >= 0.6 is 11.6 Å². The van der Waals surface area contributed by atoms with Crippen molar-refractivity contribution in [2.24, 2.45) is 0 Å². The van der Waals surface area contributed by atoms with Crippen LogP contribution in [0, 0.1) is 0 Å². The quantitative estimate of drug-likeness (QED) is 0.647. The van der Waals surface area contributed by atoms with Gasteiger partial charge in [0.2, 0.25) is 11.6 Å². The van der Waals surface area contributed by atoms with Crippen LogP contribution in [0.3, 0.4) is 0 Å². The molecule has 1 aromatic carbocycles. The molecule has 142 valence electrons. The Morgan fingerprint density at radius 3 is 2.81 bits per heavy atom. The van der Waals surface area contributed by atoms with E-state index in [4.69, 9.17) is 16.3 Å². The summed E-state index contributed by atoms with van der Waals surface area (Å²) < 4.78 is 6.97. The standard InChI is InChI=1S/C18H21ClN6O2/c1-24(2)10-9-20-15-8-7-14(27-3)16-21-18(23-25(15)16)22-17(26)12-5-4-6-13(19)11-12/h4-8,11,20H,9-10H2,1-3H3,(H,22,23,26). The number of anilines is 2. The maximum Gasteiger partial charge on any atom is 0.258 e. The largest absolute Gasteiger partial charge is 0.493 e. The first kappa shape index (κ1) is 18.9. The van der Waals surface area contributed by atoms with Gasteiger partial charge in [-0.2, -0.15) is 9.50 Å². The van der Waals surface area contributed by atoms with Crippen molar-refractivity contribution in [1.82, 2.24) is 19.5 Å². The van der Waals surface area contributed by atoms with Gasteiger partial charge in [-0.1, -0.05) is 17.7 Å². The summed E-state index contributed by atoms with van der Waals surface area (Å²) in [6, 6.07) is 10.3. The van der Waals surface area contributed by atoms with Crippen LogP contribution in [-0.4, -0.2) is 59.7 Å². The Balaban J connectivity index is 1.87. The molecule has 0 atom stereocenters. The van der Waals surface area contributed by atoms with Gasteiger partial charge in [0.1, 0.15) is 5.82 Å². The highest BCUT2D eigenvalue weighted by atomic mass is 35.5. The van der Waals surface area contributed by atoms with Gasteiger partial charge < -0.3 is 15.0 Å². The molecular formula is C18H21ClN6O2. The van der Waals surface area contributed by atoms with Crippen LogP contribution in [-0.2, 0) is 0 Å². The number of pyridine rings is 1. The highest BCUT2D eigenvalue weighted by molar-refractivity contribution is 6.31. The number of ether oxygens (including phenoxy) is 1. The molecule has 2 aromatic heterocycles. The molecule has 8 nitrogen and oxygen atoms in total. The van der Waals surface area contributed by atoms with Crippen molar-refractivity contribution in [3.8, 4) is 5.75 Å². The van der Waals surface area contributed by atoms with Crippen LogP contribution in [0.1, 0.15) is 10.4 Å². The SMILES string of the molecule is COc1ccc(NCCN(C)C)n2nc(NC(=O)c3cccc(Cl)c3)nc12. The van der Waals surface area contributed by atoms with Gasteiger partial charge in [-0.05, 0) is 44.4 Å². The summed E-state index contributed by atoms with van der Waals surface area (Å²) in [5.74, 6) is 1.15. The summed E-state index contributed by atoms with van der Waals surface area (Å²) in [5.41, 5.74) is 0.936. The number of fused-ring (bicyclic) bond motifs is 1. The number of nitrogens with one attached hydrogen (secondary N) is 2. The van der Waals surface area contributed by atoms with Crippen molar-refractivity contribution >= 4 is 34.9 Å². The Bertz CT molecular complexity index is 956. The van der Waals surface area contributed by atoms with E-state index in [1.807, 2.05) is 26.2 Å². The van der Waals surface area contributed by atoms with Crippen LogP contribution in [0.25, 0.3) is 5.65 Å². The number of benzene rings is 1. The van der Waals surface area contributed by atoms with Gasteiger partial charge in [-0.15, -0.1) is 5.10 Å². The maximum absolute atomic E-state index is 12.4. The van der Waals surface area contributed by atoms with E-state index in [9.17, 15) is 4.79 Å². The first-order valence-electron chi connectivity index (χ1n) is 8.37. The lowest BCUT2D eigenvalue weighted by atomic mass is 10.2.